The molecule has 2 atom stereocenters. The van der Waals surface area contributed by atoms with E-state index in [2.05, 4.69) is 24.5 Å². The van der Waals surface area contributed by atoms with Crippen molar-refractivity contribution in [2.45, 2.75) is 59.0 Å². The molecule has 0 aromatic heterocycles. The Morgan fingerprint density at radius 2 is 1.74 bits per heavy atom. The Hall–Kier alpha value is -2.04. The fourth-order valence-corrected chi connectivity index (χ4v) is 2.56. The molecule has 0 aliphatic carbocycles. The van der Waals surface area contributed by atoms with Gasteiger partial charge in [0.15, 0.2) is 0 Å². The summed E-state index contributed by atoms with van der Waals surface area (Å²) in [6.45, 7) is 8.29. The molecule has 4 N–H and O–H groups in total. The number of aryl methyl sites for hydroxylation is 1. The summed E-state index contributed by atoms with van der Waals surface area (Å²) < 4.78 is 0. The van der Waals surface area contributed by atoms with E-state index in [4.69, 9.17) is 5.73 Å². The lowest BCUT2D eigenvalue weighted by Crippen LogP contribution is -2.39. The third-order valence-corrected chi connectivity index (χ3v) is 3.85. The van der Waals surface area contributed by atoms with Gasteiger partial charge in [-0.15, -0.1) is 0 Å². The molecular weight excluding hydrogens is 290 g/mol. The van der Waals surface area contributed by atoms with E-state index < -0.39 is 12.1 Å². The van der Waals surface area contributed by atoms with Gasteiger partial charge in [-0.3, -0.25) is 4.79 Å². The Kier molecular flexibility index (Phi) is 7.59. The SMILES string of the molecule is Cc1ccccc1C(CC(=O)NC(C)CCC(C)C)NC(N)=O. The van der Waals surface area contributed by atoms with E-state index in [-0.39, 0.29) is 18.4 Å². The summed E-state index contributed by atoms with van der Waals surface area (Å²) in [5.41, 5.74) is 7.19. The second kappa shape index (κ2) is 9.18. The molecule has 0 saturated heterocycles. The second-order valence-electron chi connectivity index (χ2n) is 6.56. The number of amides is 3. The molecule has 0 bridgehead atoms. The van der Waals surface area contributed by atoms with Gasteiger partial charge >= 0.3 is 6.03 Å². The van der Waals surface area contributed by atoms with Gasteiger partial charge in [-0.05, 0) is 43.7 Å². The number of urea groups is 1. The smallest absolute Gasteiger partial charge is 0.312 e. The summed E-state index contributed by atoms with van der Waals surface area (Å²) in [6.07, 6.45) is 2.20. The summed E-state index contributed by atoms with van der Waals surface area (Å²) in [6, 6.07) is 6.76. The van der Waals surface area contributed by atoms with Gasteiger partial charge < -0.3 is 16.4 Å². The minimum Gasteiger partial charge on any atom is -0.354 e. The van der Waals surface area contributed by atoms with Gasteiger partial charge in [0.2, 0.25) is 5.91 Å². The Morgan fingerprint density at radius 1 is 1.09 bits per heavy atom. The van der Waals surface area contributed by atoms with Crippen molar-refractivity contribution in [3.8, 4) is 0 Å². The van der Waals surface area contributed by atoms with Crippen LogP contribution in [0.15, 0.2) is 24.3 Å². The highest BCUT2D eigenvalue weighted by Gasteiger charge is 2.19. The first kappa shape index (κ1) is 19.0. The summed E-state index contributed by atoms with van der Waals surface area (Å²) in [5.74, 6) is 0.536. The zero-order valence-electron chi connectivity index (χ0n) is 14.6. The topological polar surface area (TPSA) is 84.2 Å². The molecule has 1 aromatic rings. The minimum atomic E-state index is -0.626. The fraction of sp³-hybridized carbons (Fsp3) is 0.556. The largest absolute Gasteiger partial charge is 0.354 e. The van der Waals surface area contributed by atoms with Crippen LogP contribution in [0.3, 0.4) is 0 Å². The molecule has 1 rings (SSSR count). The highest BCUT2D eigenvalue weighted by Crippen LogP contribution is 2.20. The first-order valence-electron chi connectivity index (χ1n) is 8.20. The number of nitrogens with one attached hydrogen (secondary N) is 2. The maximum Gasteiger partial charge on any atom is 0.312 e. The zero-order chi connectivity index (χ0) is 17.4. The zero-order valence-corrected chi connectivity index (χ0v) is 14.6. The highest BCUT2D eigenvalue weighted by molar-refractivity contribution is 5.79. The number of benzene rings is 1. The molecule has 0 fully saturated rings. The van der Waals surface area contributed by atoms with Crippen molar-refractivity contribution in [2.24, 2.45) is 11.7 Å². The quantitative estimate of drug-likeness (QED) is 0.688. The lowest BCUT2D eigenvalue weighted by molar-refractivity contribution is -0.122. The van der Waals surface area contributed by atoms with Crippen molar-refractivity contribution >= 4 is 11.9 Å². The number of carbonyl (C=O) groups is 2. The molecule has 5 nitrogen and oxygen atoms in total. The predicted molar refractivity (Wildman–Crippen MR) is 92.9 cm³/mol. The van der Waals surface area contributed by atoms with Crippen LogP contribution in [-0.4, -0.2) is 18.0 Å². The molecule has 0 radical (unpaired) electrons. The van der Waals surface area contributed by atoms with E-state index in [1.807, 2.05) is 38.1 Å². The summed E-state index contributed by atoms with van der Waals surface area (Å²) in [5, 5.41) is 5.67. The number of hydrogen-bond donors (Lipinski definition) is 3. The predicted octanol–water partition coefficient (Wildman–Crippen LogP) is 3.04. The Bertz CT molecular complexity index is 529. The van der Waals surface area contributed by atoms with Crippen molar-refractivity contribution in [3.05, 3.63) is 35.4 Å². The number of nitrogens with two attached hydrogens (primary N) is 1. The number of hydrogen-bond acceptors (Lipinski definition) is 2. The van der Waals surface area contributed by atoms with Crippen LogP contribution in [0.4, 0.5) is 4.79 Å². The number of primary amides is 1. The Morgan fingerprint density at radius 3 is 2.30 bits per heavy atom. The fourth-order valence-electron chi connectivity index (χ4n) is 2.56. The monoisotopic (exact) mass is 319 g/mol. The van der Waals surface area contributed by atoms with Crippen LogP contribution < -0.4 is 16.4 Å². The lowest BCUT2D eigenvalue weighted by atomic mass is 9.98. The van der Waals surface area contributed by atoms with Gasteiger partial charge in [0.25, 0.3) is 0 Å². The van der Waals surface area contributed by atoms with Crippen LogP contribution in [-0.2, 0) is 4.79 Å². The average Bonchev–Trinajstić information content (AvgIpc) is 2.44. The molecule has 3 amide bonds. The van der Waals surface area contributed by atoms with Crippen LogP contribution in [0.1, 0.15) is 57.2 Å². The van der Waals surface area contributed by atoms with Gasteiger partial charge in [0, 0.05) is 6.04 Å². The highest BCUT2D eigenvalue weighted by atomic mass is 16.2. The summed E-state index contributed by atoms with van der Waals surface area (Å²) in [4.78, 5) is 23.5. The third-order valence-electron chi connectivity index (χ3n) is 3.85. The average molecular weight is 319 g/mol. The number of carbonyl (C=O) groups excluding carboxylic acids is 2. The molecule has 1 aromatic carbocycles. The molecule has 0 saturated carbocycles. The van der Waals surface area contributed by atoms with Crippen molar-refractivity contribution < 1.29 is 9.59 Å². The van der Waals surface area contributed by atoms with E-state index in [1.165, 1.54) is 0 Å². The molecule has 0 heterocycles. The van der Waals surface area contributed by atoms with E-state index in [0.29, 0.717) is 5.92 Å². The van der Waals surface area contributed by atoms with Gasteiger partial charge in [0.1, 0.15) is 0 Å². The first-order chi connectivity index (χ1) is 10.8. The molecular formula is C18H29N3O2. The van der Waals surface area contributed by atoms with E-state index in [0.717, 1.165) is 24.0 Å². The number of rotatable bonds is 8. The van der Waals surface area contributed by atoms with E-state index in [1.54, 1.807) is 0 Å². The first-order valence-corrected chi connectivity index (χ1v) is 8.20. The Labute approximate surface area is 139 Å². The lowest BCUT2D eigenvalue weighted by Gasteiger charge is -2.21. The molecule has 128 valence electrons. The van der Waals surface area contributed by atoms with Crippen molar-refractivity contribution in [2.75, 3.05) is 0 Å². The van der Waals surface area contributed by atoms with Gasteiger partial charge in [0.05, 0.1) is 12.5 Å². The Balaban J connectivity index is 2.69. The van der Waals surface area contributed by atoms with Crippen LogP contribution in [0.2, 0.25) is 0 Å². The molecule has 5 heteroatoms. The molecule has 2 unspecified atom stereocenters. The van der Waals surface area contributed by atoms with Crippen molar-refractivity contribution in [3.63, 3.8) is 0 Å². The van der Waals surface area contributed by atoms with Gasteiger partial charge in [-0.2, -0.15) is 0 Å². The van der Waals surface area contributed by atoms with Gasteiger partial charge in [-0.1, -0.05) is 38.1 Å². The molecule has 0 spiro atoms. The summed E-state index contributed by atoms with van der Waals surface area (Å²) in [7, 11) is 0. The van der Waals surface area contributed by atoms with Crippen LogP contribution in [0.5, 0.6) is 0 Å². The van der Waals surface area contributed by atoms with E-state index >= 15 is 0 Å². The molecule has 0 aliphatic heterocycles. The van der Waals surface area contributed by atoms with Gasteiger partial charge in [-0.25, -0.2) is 4.79 Å². The van der Waals surface area contributed by atoms with Crippen molar-refractivity contribution in [1.29, 1.82) is 0 Å². The normalized spacial score (nSPS) is 13.4. The standard InChI is InChI=1S/C18H29N3O2/c1-12(2)9-10-14(4)20-17(22)11-16(21-18(19)23)15-8-6-5-7-13(15)3/h5-8,12,14,16H,9-11H2,1-4H3,(H,20,22)(H3,19,21,23). The minimum absolute atomic E-state index is 0.0803. The maximum absolute atomic E-state index is 12.3. The molecule has 23 heavy (non-hydrogen) atoms. The van der Waals surface area contributed by atoms with Crippen LogP contribution in [0, 0.1) is 12.8 Å². The van der Waals surface area contributed by atoms with Crippen molar-refractivity contribution in [1.82, 2.24) is 10.6 Å². The third kappa shape index (κ3) is 7.17. The van der Waals surface area contributed by atoms with Crippen LogP contribution in [0.25, 0.3) is 0 Å². The second-order valence-corrected chi connectivity index (χ2v) is 6.56. The maximum atomic E-state index is 12.3. The van der Waals surface area contributed by atoms with E-state index in [9.17, 15) is 9.59 Å². The van der Waals surface area contributed by atoms with Crippen LogP contribution >= 0.6 is 0 Å². The molecule has 0 aliphatic rings. The summed E-state index contributed by atoms with van der Waals surface area (Å²) >= 11 is 0.